The van der Waals surface area contributed by atoms with Crippen molar-refractivity contribution in [2.45, 2.75) is 57.9 Å². The van der Waals surface area contributed by atoms with Crippen LogP contribution in [0.15, 0.2) is 0 Å². The van der Waals surface area contributed by atoms with Crippen LogP contribution in [-0.2, 0) is 0 Å². The molecule has 0 aromatic heterocycles. The summed E-state index contributed by atoms with van der Waals surface area (Å²) in [5.74, 6) is 3.00. The van der Waals surface area contributed by atoms with Crippen LogP contribution in [0.1, 0.15) is 40.5 Å². The normalized spacial score (nSPS) is 37.8. The van der Waals surface area contributed by atoms with Crippen molar-refractivity contribution in [3.63, 3.8) is 0 Å². The first kappa shape index (κ1) is 14.7. The van der Waals surface area contributed by atoms with Crippen molar-refractivity contribution in [3.8, 4) is 0 Å². The van der Waals surface area contributed by atoms with Crippen LogP contribution < -0.4 is 5.32 Å². The van der Waals surface area contributed by atoms with Crippen LogP contribution in [0.25, 0.3) is 0 Å². The van der Waals surface area contributed by atoms with Crippen molar-refractivity contribution < 1.29 is 0 Å². The molecular formula is C15H30N2S. The highest BCUT2D eigenvalue weighted by Gasteiger charge is 2.39. The van der Waals surface area contributed by atoms with E-state index < -0.39 is 0 Å². The Balaban J connectivity index is 1.78. The summed E-state index contributed by atoms with van der Waals surface area (Å²) in [6.45, 7) is 13.1. The summed E-state index contributed by atoms with van der Waals surface area (Å²) in [6, 6.07) is 1.63. The fourth-order valence-electron chi connectivity index (χ4n) is 3.21. The largest absolute Gasteiger partial charge is 0.316 e. The van der Waals surface area contributed by atoms with Gasteiger partial charge < -0.3 is 5.32 Å². The molecule has 18 heavy (non-hydrogen) atoms. The van der Waals surface area contributed by atoms with Crippen LogP contribution in [-0.4, -0.2) is 47.6 Å². The number of rotatable bonds is 5. The molecule has 3 heteroatoms. The molecule has 106 valence electrons. The summed E-state index contributed by atoms with van der Waals surface area (Å²) in [7, 11) is 0. The lowest BCUT2D eigenvalue weighted by atomic mass is 9.77. The van der Waals surface area contributed by atoms with Gasteiger partial charge in [0.05, 0.1) is 0 Å². The van der Waals surface area contributed by atoms with Gasteiger partial charge in [-0.3, -0.25) is 4.90 Å². The minimum atomic E-state index is 0.765. The Bertz CT molecular complexity index is 257. The van der Waals surface area contributed by atoms with Crippen LogP contribution in [0.2, 0.25) is 0 Å². The Morgan fingerprint density at radius 2 is 2.06 bits per heavy atom. The Morgan fingerprint density at radius 3 is 2.67 bits per heavy atom. The number of thioether (sulfide) groups is 1. The molecule has 1 saturated carbocycles. The molecule has 0 radical (unpaired) electrons. The maximum atomic E-state index is 3.65. The van der Waals surface area contributed by atoms with Gasteiger partial charge in [0.1, 0.15) is 0 Å². The van der Waals surface area contributed by atoms with Crippen LogP contribution >= 0.6 is 11.8 Å². The monoisotopic (exact) mass is 270 g/mol. The van der Waals surface area contributed by atoms with Crippen molar-refractivity contribution >= 4 is 11.8 Å². The molecular weight excluding hydrogens is 240 g/mol. The third-order valence-electron chi connectivity index (χ3n) is 4.70. The van der Waals surface area contributed by atoms with Crippen LogP contribution in [0, 0.1) is 11.8 Å². The van der Waals surface area contributed by atoms with Gasteiger partial charge in [-0.05, 0) is 44.7 Å². The molecule has 1 saturated heterocycles. The van der Waals surface area contributed by atoms with Gasteiger partial charge in [-0.25, -0.2) is 0 Å². The number of nitrogens with zero attached hydrogens (tertiary/aromatic N) is 1. The molecule has 2 rings (SSSR count). The van der Waals surface area contributed by atoms with Gasteiger partial charge in [-0.1, -0.05) is 20.8 Å². The van der Waals surface area contributed by atoms with E-state index in [1.165, 1.54) is 38.2 Å². The number of nitrogens with one attached hydrogen (secondary N) is 1. The molecule has 1 N–H and O–H groups in total. The Kier molecular flexibility index (Phi) is 5.40. The van der Waals surface area contributed by atoms with Crippen molar-refractivity contribution in [1.29, 1.82) is 0 Å². The highest BCUT2D eigenvalue weighted by molar-refractivity contribution is 8.00. The van der Waals surface area contributed by atoms with E-state index in [4.69, 9.17) is 0 Å². The average Bonchev–Trinajstić information content (AvgIpc) is 2.29. The molecule has 4 unspecified atom stereocenters. The zero-order chi connectivity index (χ0) is 13.1. The molecule has 1 heterocycles. The van der Waals surface area contributed by atoms with E-state index in [-0.39, 0.29) is 0 Å². The Morgan fingerprint density at radius 1 is 1.28 bits per heavy atom. The second-order valence-electron chi connectivity index (χ2n) is 6.51. The predicted octanol–water partition coefficient (Wildman–Crippen LogP) is 2.84. The van der Waals surface area contributed by atoms with Gasteiger partial charge in [-0.15, -0.1) is 0 Å². The minimum absolute atomic E-state index is 0.765. The summed E-state index contributed by atoms with van der Waals surface area (Å²) in [5, 5.41) is 4.46. The molecule has 1 aliphatic carbocycles. The highest BCUT2D eigenvalue weighted by atomic mass is 32.2. The second-order valence-corrected chi connectivity index (χ2v) is 8.00. The third-order valence-corrected chi connectivity index (χ3v) is 6.03. The summed E-state index contributed by atoms with van der Waals surface area (Å²) in [4.78, 5) is 2.80. The van der Waals surface area contributed by atoms with Crippen molar-refractivity contribution in [2.75, 3.05) is 25.4 Å². The molecule has 0 aromatic rings. The van der Waals surface area contributed by atoms with Crippen molar-refractivity contribution in [2.24, 2.45) is 11.8 Å². The fourth-order valence-corrected chi connectivity index (χ4v) is 4.33. The molecule has 4 atom stereocenters. The molecule has 1 aliphatic heterocycles. The van der Waals surface area contributed by atoms with Crippen LogP contribution in [0.5, 0.6) is 0 Å². The van der Waals surface area contributed by atoms with E-state index in [1.54, 1.807) is 0 Å². The molecule has 0 bridgehead atoms. The van der Waals surface area contributed by atoms with Gasteiger partial charge in [0.2, 0.25) is 0 Å². The van der Waals surface area contributed by atoms with Crippen LogP contribution in [0.4, 0.5) is 0 Å². The molecule has 2 fully saturated rings. The van der Waals surface area contributed by atoms with Gasteiger partial charge in [-0.2, -0.15) is 11.8 Å². The topological polar surface area (TPSA) is 15.3 Å². The average molecular weight is 270 g/mol. The quantitative estimate of drug-likeness (QED) is 0.827. The van der Waals surface area contributed by atoms with E-state index >= 15 is 0 Å². The second kappa shape index (κ2) is 6.62. The molecule has 0 aromatic carbocycles. The van der Waals surface area contributed by atoms with Crippen molar-refractivity contribution in [3.05, 3.63) is 0 Å². The van der Waals surface area contributed by atoms with Gasteiger partial charge in [0.15, 0.2) is 0 Å². The summed E-state index contributed by atoms with van der Waals surface area (Å²) >= 11 is 2.15. The molecule has 2 nitrogen and oxygen atoms in total. The standard InChI is InChI=1S/C15H30N2S/c1-11(2)9-16-10-14-5-6-15(14)17-7-8-18-13(4)12(17)3/h11-16H,5-10H2,1-4H3. The molecule has 0 spiro atoms. The maximum absolute atomic E-state index is 3.65. The minimum Gasteiger partial charge on any atom is -0.316 e. The van der Waals surface area contributed by atoms with E-state index in [9.17, 15) is 0 Å². The van der Waals surface area contributed by atoms with E-state index in [0.29, 0.717) is 0 Å². The summed E-state index contributed by atoms with van der Waals surface area (Å²) in [5.41, 5.74) is 0. The fraction of sp³-hybridized carbons (Fsp3) is 1.00. The third kappa shape index (κ3) is 3.43. The smallest absolute Gasteiger partial charge is 0.0187 e. The lowest BCUT2D eigenvalue weighted by Gasteiger charge is -2.50. The first-order valence-corrected chi connectivity index (χ1v) is 8.72. The lowest BCUT2D eigenvalue weighted by molar-refractivity contribution is 0.0348. The molecule has 0 amide bonds. The first-order valence-electron chi connectivity index (χ1n) is 7.67. The van der Waals surface area contributed by atoms with Crippen molar-refractivity contribution in [1.82, 2.24) is 10.2 Å². The SMILES string of the molecule is CC(C)CNCC1CCC1N1CCSC(C)C1C. The van der Waals surface area contributed by atoms with Gasteiger partial charge >= 0.3 is 0 Å². The predicted molar refractivity (Wildman–Crippen MR) is 82.3 cm³/mol. The summed E-state index contributed by atoms with van der Waals surface area (Å²) in [6.07, 6.45) is 2.86. The van der Waals surface area contributed by atoms with Gasteiger partial charge in [0.25, 0.3) is 0 Å². The zero-order valence-corrected chi connectivity index (χ0v) is 13.3. The van der Waals surface area contributed by atoms with Gasteiger partial charge in [0, 0.05) is 29.6 Å². The van der Waals surface area contributed by atoms with E-state index in [0.717, 1.165) is 29.2 Å². The maximum Gasteiger partial charge on any atom is 0.0187 e. The first-order chi connectivity index (χ1) is 8.59. The lowest BCUT2D eigenvalue weighted by Crippen LogP contribution is -2.57. The van der Waals surface area contributed by atoms with Crippen LogP contribution in [0.3, 0.4) is 0 Å². The Labute approximate surface area is 117 Å². The Hall–Kier alpha value is 0.270. The zero-order valence-electron chi connectivity index (χ0n) is 12.5. The summed E-state index contributed by atoms with van der Waals surface area (Å²) < 4.78 is 0. The van der Waals surface area contributed by atoms with E-state index in [1.807, 2.05) is 0 Å². The number of hydrogen-bond donors (Lipinski definition) is 1. The highest BCUT2D eigenvalue weighted by Crippen LogP contribution is 2.36. The van der Waals surface area contributed by atoms with E-state index in [2.05, 4.69) is 49.7 Å². The number of hydrogen-bond acceptors (Lipinski definition) is 3. The molecule has 2 aliphatic rings.